The van der Waals surface area contributed by atoms with Crippen LogP contribution in [-0.4, -0.2) is 23.1 Å². The van der Waals surface area contributed by atoms with Gasteiger partial charge in [0.15, 0.2) is 0 Å². The second-order valence-electron chi connectivity index (χ2n) is 4.44. The van der Waals surface area contributed by atoms with Gasteiger partial charge in [0.05, 0.1) is 0 Å². The molecule has 0 aromatic carbocycles. The molecule has 4 heteroatoms. The van der Waals surface area contributed by atoms with Crippen LogP contribution in [0.4, 0.5) is 11.6 Å². The average molecular weight is 220 g/mol. The van der Waals surface area contributed by atoms with Gasteiger partial charge in [-0.1, -0.05) is 6.92 Å². The van der Waals surface area contributed by atoms with Gasteiger partial charge in [-0.15, -0.1) is 0 Å². The van der Waals surface area contributed by atoms with Crippen molar-refractivity contribution in [3.05, 3.63) is 11.9 Å². The van der Waals surface area contributed by atoms with Crippen molar-refractivity contribution < 1.29 is 0 Å². The Kier molecular flexibility index (Phi) is 3.59. The molecular formula is C12H20N4. The lowest BCUT2D eigenvalue weighted by Crippen LogP contribution is -2.09. The van der Waals surface area contributed by atoms with E-state index < -0.39 is 0 Å². The molecule has 1 heterocycles. The Morgan fingerprint density at radius 3 is 2.56 bits per heavy atom. The first-order valence-corrected chi connectivity index (χ1v) is 6.11. The van der Waals surface area contributed by atoms with E-state index in [-0.39, 0.29) is 0 Å². The van der Waals surface area contributed by atoms with Gasteiger partial charge in [-0.3, -0.25) is 0 Å². The number of hydrogen-bond acceptors (Lipinski definition) is 4. The first-order chi connectivity index (χ1) is 7.78. The van der Waals surface area contributed by atoms with E-state index >= 15 is 0 Å². The fourth-order valence-corrected chi connectivity index (χ4v) is 1.57. The molecule has 0 amide bonds. The normalized spacial score (nSPS) is 14.9. The maximum absolute atomic E-state index is 4.38. The SMILES string of the molecule is CCCNc1cc(NCC2CC2)nc(C)n1. The summed E-state index contributed by atoms with van der Waals surface area (Å²) >= 11 is 0. The number of anilines is 2. The lowest BCUT2D eigenvalue weighted by Gasteiger charge is -2.09. The number of aromatic nitrogens is 2. The Morgan fingerprint density at radius 2 is 1.94 bits per heavy atom. The first kappa shape index (κ1) is 11.2. The quantitative estimate of drug-likeness (QED) is 0.773. The number of nitrogens with one attached hydrogen (secondary N) is 2. The van der Waals surface area contributed by atoms with Gasteiger partial charge in [0.2, 0.25) is 0 Å². The fourth-order valence-electron chi connectivity index (χ4n) is 1.57. The van der Waals surface area contributed by atoms with E-state index in [1.165, 1.54) is 12.8 Å². The minimum absolute atomic E-state index is 0.819. The van der Waals surface area contributed by atoms with Gasteiger partial charge in [0.1, 0.15) is 17.5 Å². The number of aryl methyl sites for hydroxylation is 1. The van der Waals surface area contributed by atoms with Crippen molar-refractivity contribution in [2.75, 3.05) is 23.7 Å². The van der Waals surface area contributed by atoms with Crippen molar-refractivity contribution >= 4 is 11.6 Å². The monoisotopic (exact) mass is 220 g/mol. The van der Waals surface area contributed by atoms with E-state index in [1.807, 2.05) is 13.0 Å². The summed E-state index contributed by atoms with van der Waals surface area (Å²) in [4.78, 5) is 8.73. The van der Waals surface area contributed by atoms with Gasteiger partial charge in [-0.2, -0.15) is 0 Å². The highest BCUT2D eigenvalue weighted by atomic mass is 15.1. The van der Waals surface area contributed by atoms with Gasteiger partial charge in [0, 0.05) is 19.2 Å². The van der Waals surface area contributed by atoms with Crippen LogP contribution in [0.3, 0.4) is 0 Å². The van der Waals surface area contributed by atoms with E-state index in [9.17, 15) is 0 Å². The Morgan fingerprint density at radius 1 is 1.25 bits per heavy atom. The predicted octanol–water partition coefficient (Wildman–Crippen LogP) is 2.43. The van der Waals surface area contributed by atoms with E-state index in [0.717, 1.165) is 42.9 Å². The first-order valence-electron chi connectivity index (χ1n) is 6.11. The second-order valence-corrected chi connectivity index (χ2v) is 4.44. The lowest BCUT2D eigenvalue weighted by atomic mass is 10.4. The molecule has 0 saturated heterocycles. The molecule has 0 bridgehead atoms. The summed E-state index contributed by atoms with van der Waals surface area (Å²) < 4.78 is 0. The largest absolute Gasteiger partial charge is 0.370 e. The molecule has 16 heavy (non-hydrogen) atoms. The van der Waals surface area contributed by atoms with Gasteiger partial charge in [-0.05, 0) is 32.1 Å². The van der Waals surface area contributed by atoms with E-state index in [1.54, 1.807) is 0 Å². The van der Waals surface area contributed by atoms with Crippen LogP contribution in [-0.2, 0) is 0 Å². The third kappa shape index (κ3) is 3.36. The van der Waals surface area contributed by atoms with Gasteiger partial charge < -0.3 is 10.6 Å². The smallest absolute Gasteiger partial charge is 0.131 e. The van der Waals surface area contributed by atoms with E-state index in [4.69, 9.17) is 0 Å². The second kappa shape index (κ2) is 5.14. The van der Waals surface area contributed by atoms with Crippen LogP contribution in [0.1, 0.15) is 32.0 Å². The van der Waals surface area contributed by atoms with Gasteiger partial charge in [0.25, 0.3) is 0 Å². The molecule has 1 aliphatic rings. The third-order valence-electron chi connectivity index (χ3n) is 2.66. The molecule has 0 atom stereocenters. The summed E-state index contributed by atoms with van der Waals surface area (Å²) in [6.45, 7) is 6.08. The fraction of sp³-hybridized carbons (Fsp3) is 0.667. The Bertz CT molecular complexity index is 347. The molecule has 1 saturated carbocycles. The highest BCUT2D eigenvalue weighted by Crippen LogP contribution is 2.28. The van der Waals surface area contributed by atoms with Crippen LogP contribution in [0, 0.1) is 12.8 Å². The zero-order valence-corrected chi connectivity index (χ0v) is 10.1. The summed E-state index contributed by atoms with van der Waals surface area (Å²) in [5, 5.41) is 6.66. The summed E-state index contributed by atoms with van der Waals surface area (Å²) in [6.07, 6.45) is 3.82. The van der Waals surface area contributed by atoms with Crippen molar-refractivity contribution in [2.24, 2.45) is 5.92 Å². The highest BCUT2D eigenvalue weighted by Gasteiger charge is 2.20. The molecule has 1 fully saturated rings. The molecule has 1 aromatic rings. The standard InChI is InChI=1S/C12H20N4/c1-3-6-13-11-7-12(16-9(2)15-11)14-8-10-4-5-10/h7,10H,3-6,8H2,1-2H3,(H2,13,14,15,16). The highest BCUT2D eigenvalue weighted by molar-refractivity contribution is 5.47. The Labute approximate surface area is 96.9 Å². The van der Waals surface area contributed by atoms with Gasteiger partial charge >= 0.3 is 0 Å². The number of nitrogens with zero attached hydrogens (tertiary/aromatic N) is 2. The topological polar surface area (TPSA) is 49.8 Å². The van der Waals surface area contributed by atoms with Gasteiger partial charge in [-0.25, -0.2) is 9.97 Å². The van der Waals surface area contributed by atoms with Crippen molar-refractivity contribution in [3.8, 4) is 0 Å². The zero-order valence-electron chi connectivity index (χ0n) is 10.1. The molecule has 0 spiro atoms. The Balaban J connectivity index is 1.96. The molecule has 0 aliphatic heterocycles. The van der Waals surface area contributed by atoms with E-state index in [2.05, 4.69) is 27.5 Å². The third-order valence-corrected chi connectivity index (χ3v) is 2.66. The van der Waals surface area contributed by atoms with Crippen LogP contribution in [0.25, 0.3) is 0 Å². The van der Waals surface area contributed by atoms with Crippen molar-refractivity contribution in [1.82, 2.24) is 9.97 Å². The molecule has 1 aliphatic carbocycles. The van der Waals surface area contributed by atoms with Crippen LogP contribution < -0.4 is 10.6 Å². The molecule has 1 aromatic heterocycles. The van der Waals surface area contributed by atoms with Crippen molar-refractivity contribution in [1.29, 1.82) is 0 Å². The molecule has 0 radical (unpaired) electrons. The lowest BCUT2D eigenvalue weighted by molar-refractivity contribution is 0.876. The zero-order chi connectivity index (χ0) is 11.4. The molecule has 4 nitrogen and oxygen atoms in total. The van der Waals surface area contributed by atoms with Crippen LogP contribution in [0.2, 0.25) is 0 Å². The molecule has 2 rings (SSSR count). The number of rotatable bonds is 6. The van der Waals surface area contributed by atoms with Crippen LogP contribution in [0.15, 0.2) is 6.07 Å². The van der Waals surface area contributed by atoms with Crippen LogP contribution >= 0.6 is 0 Å². The maximum atomic E-state index is 4.38. The maximum Gasteiger partial charge on any atom is 0.131 e. The number of hydrogen-bond donors (Lipinski definition) is 2. The summed E-state index contributed by atoms with van der Waals surface area (Å²) in [5.74, 6) is 3.55. The molecule has 2 N–H and O–H groups in total. The van der Waals surface area contributed by atoms with Crippen LogP contribution in [0.5, 0.6) is 0 Å². The minimum atomic E-state index is 0.819. The molecule has 88 valence electrons. The summed E-state index contributed by atoms with van der Waals surface area (Å²) in [5.41, 5.74) is 0. The Hall–Kier alpha value is -1.32. The van der Waals surface area contributed by atoms with E-state index in [0.29, 0.717) is 0 Å². The minimum Gasteiger partial charge on any atom is -0.370 e. The van der Waals surface area contributed by atoms with Crippen molar-refractivity contribution in [2.45, 2.75) is 33.1 Å². The summed E-state index contributed by atoms with van der Waals surface area (Å²) in [6, 6.07) is 1.99. The average Bonchev–Trinajstić information content (AvgIpc) is 3.07. The summed E-state index contributed by atoms with van der Waals surface area (Å²) in [7, 11) is 0. The molecular weight excluding hydrogens is 200 g/mol. The molecule has 0 unspecified atom stereocenters. The predicted molar refractivity (Wildman–Crippen MR) is 66.8 cm³/mol. The van der Waals surface area contributed by atoms with Crippen molar-refractivity contribution in [3.63, 3.8) is 0 Å².